The van der Waals surface area contributed by atoms with E-state index in [4.69, 9.17) is 5.11 Å². The SMILES string of the molecule is CCCCCCCCCc1ccc(CN2C[C@@H](C(=O)O)[C@@H](C(F)(F)F)C2)cc1. The van der Waals surface area contributed by atoms with Crippen LogP contribution in [0.2, 0.25) is 0 Å². The smallest absolute Gasteiger partial charge is 0.393 e. The van der Waals surface area contributed by atoms with Crippen molar-refractivity contribution in [3.05, 3.63) is 35.4 Å². The van der Waals surface area contributed by atoms with Crippen LogP contribution < -0.4 is 0 Å². The number of rotatable bonds is 11. The maximum Gasteiger partial charge on any atom is 0.393 e. The summed E-state index contributed by atoms with van der Waals surface area (Å²) in [5.41, 5.74) is 2.17. The lowest BCUT2D eigenvalue weighted by molar-refractivity contribution is -0.188. The average molecular weight is 399 g/mol. The standard InChI is InChI=1S/C22H32F3NO2/c1-2-3-4-5-6-7-8-9-17-10-12-18(13-11-17)14-26-15-19(21(27)28)20(16-26)22(23,24)25/h10-13,19-20H,2-9,14-16H2,1H3,(H,27,28)/t19-,20+/m1/s1. The molecule has 1 aliphatic rings. The number of hydrogen-bond donors (Lipinski definition) is 1. The predicted molar refractivity (Wildman–Crippen MR) is 104 cm³/mol. The molecule has 0 amide bonds. The molecule has 2 atom stereocenters. The molecule has 0 aromatic heterocycles. The van der Waals surface area contributed by atoms with Crippen molar-refractivity contribution in [3.8, 4) is 0 Å². The minimum absolute atomic E-state index is 0.0563. The van der Waals surface area contributed by atoms with Gasteiger partial charge >= 0.3 is 12.1 Å². The van der Waals surface area contributed by atoms with Crippen LogP contribution >= 0.6 is 0 Å². The first-order valence-corrected chi connectivity index (χ1v) is 10.4. The third-order valence-corrected chi connectivity index (χ3v) is 5.63. The van der Waals surface area contributed by atoms with Crippen molar-refractivity contribution in [3.63, 3.8) is 0 Å². The fourth-order valence-corrected chi connectivity index (χ4v) is 3.95. The van der Waals surface area contributed by atoms with Crippen LogP contribution in [-0.2, 0) is 17.8 Å². The van der Waals surface area contributed by atoms with Crippen molar-refractivity contribution >= 4 is 5.97 Å². The van der Waals surface area contributed by atoms with Gasteiger partial charge in [-0.3, -0.25) is 9.69 Å². The van der Waals surface area contributed by atoms with Gasteiger partial charge in [-0.05, 0) is 24.0 Å². The van der Waals surface area contributed by atoms with E-state index < -0.39 is 24.0 Å². The number of aliphatic carboxylic acids is 1. The van der Waals surface area contributed by atoms with E-state index in [0.29, 0.717) is 6.54 Å². The first-order valence-electron chi connectivity index (χ1n) is 10.4. The van der Waals surface area contributed by atoms with Gasteiger partial charge in [0.2, 0.25) is 0 Å². The number of likely N-dealkylation sites (tertiary alicyclic amines) is 1. The van der Waals surface area contributed by atoms with Gasteiger partial charge in [-0.1, -0.05) is 69.7 Å². The van der Waals surface area contributed by atoms with Crippen molar-refractivity contribution in [2.45, 2.75) is 71.0 Å². The highest BCUT2D eigenvalue weighted by Gasteiger charge is 2.52. The average Bonchev–Trinajstić information content (AvgIpc) is 3.07. The van der Waals surface area contributed by atoms with Crippen LogP contribution in [0.5, 0.6) is 0 Å². The van der Waals surface area contributed by atoms with E-state index >= 15 is 0 Å². The van der Waals surface area contributed by atoms with Gasteiger partial charge in [-0.25, -0.2) is 0 Å². The van der Waals surface area contributed by atoms with Crippen LogP contribution in [-0.4, -0.2) is 35.2 Å². The maximum atomic E-state index is 13.1. The van der Waals surface area contributed by atoms with Crippen molar-refractivity contribution < 1.29 is 23.1 Å². The maximum absolute atomic E-state index is 13.1. The lowest BCUT2D eigenvalue weighted by Gasteiger charge is -2.18. The Hall–Kier alpha value is -1.56. The molecule has 1 aromatic carbocycles. The number of carbonyl (C=O) groups is 1. The summed E-state index contributed by atoms with van der Waals surface area (Å²) in [6, 6.07) is 7.98. The molecule has 158 valence electrons. The topological polar surface area (TPSA) is 40.5 Å². The van der Waals surface area contributed by atoms with E-state index in [1.54, 1.807) is 4.90 Å². The monoisotopic (exact) mass is 399 g/mol. The zero-order valence-corrected chi connectivity index (χ0v) is 16.7. The molecule has 6 heteroatoms. The molecule has 0 aliphatic carbocycles. The van der Waals surface area contributed by atoms with Gasteiger partial charge < -0.3 is 5.11 Å². The number of nitrogens with zero attached hydrogens (tertiary/aromatic N) is 1. The number of carboxylic acids is 1. The number of aryl methyl sites for hydroxylation is 1. The molecule has 1 heterocycles. The second-order valence-electron chi connectivity index (χ2n) is 7.97. The Bertz CT molecular complexity index is 601. The molecule has 0 saturated carbocycles. The molecule has 28 heavy (non-hydrogen) atoms. The summed E-state index contributed by atoms with van der Waals surface area (Å²) < 4.78 is 39.2. The Labute approximate surface area is 165 Å². The molecule has 0 unspecified atom stereocenters. The minimum atomic E-state index is -4.47. The van der Waals surface area contributed by atoms with E-state index in [-0.39, 0.29) is 13.1 Å². The van der Waals surface area contributed by atoms with Crippen LogP contribution in [0.4, 0.5) is 13.2 Å². The first kappa shape index (κ1) is 22.7. The molecule has 3 nitrogen and oxygen atoms in total. The number of unbranched alkanes of at least 4 members (excludes halogenated alkanes) is 6. The second kappa shape index (κ2) is 10.8. The fraction of sp³-hybridized carbons (Fsp3) is 0.682. The van der Waals surface area contributed by atoms with Gasteiger partial charge in [-0.2, -0.15) is 13.2 Å². The Morgan fingerprint density at radius 1 is 1.00 bits per heavy atom. The number of alkyl halides is 3. The third kappa shape index (κ3) is 7.12. The molecule has 1 saturated heterocycles. The highest BCUT2D eigenvalue weighted by Crippen LogP contribution is 2.38. The highest BCUT2D eigenvalue weighted by molar-refractivity contribution is 5.71. The number of halogens is 3. The normalized spacial score (nSPS) is 20.6. The van der Waals surface area contributed by atoms with Gasteiger partial charge in [0.1, 0.15) is 0 Å². The van der Waals surface area contributed by atoms with Crippen molar-refractivity contribution in [2.75, 3.05) is 13.1 Å². The van der Waals surface area contributed by atoms with E-state index in [1.165, 1.54) is 44.1 Å². The number of hydrogen-bond acceptors (Lipinski definition) is 2. The van der Waals surface area contributed by atoms with Crippen molar-refractivity contribution in [1.29, 1.82) is 0 Å². The quantitative estimate of drug-likeness (QED) is 0.487. The zero-order valence-electron chi connectivity index (χ0n) is 16.7. The van der Waals surface area contributed by atoms with Crippen LogP contribution in [0, 0.1) is 11.8 Å². The van der Waals surface area contributed by atoms with Crippen molar-refractivity contribution in [1.82, 2.24) is 4.90 Å². The summed E-state index contributed by atoms with van der Waals surface area (Å²) in [7, 11) is 0. The van der Waals surface area contributed by atoms with Gasteiger partial charge in [0, 0.05) is 19.6 Å². The Balaban J connectivity index is 1.77. The summed E-state index contributed by atoms with van der Waals surface area (Å²) in [6.07, 6.45) is 5.41. The summed E-state index contributed by atoms with van der Waals surface area (Å²) in [5.74, 6) is -4.53. The summed E-state index contributed by atoms with van der Waals surface area (Å²) >= 11 is 0. The first-order chi connectivity index (χ1) is 13.3. The third-order valence-electron chi connectivity index (χ3n) is 5.63. The zero-order chi connectivity index (χ0) is 20.6. The minimum Gasteiger partial charge on any atom is -0.481 e. The summed E-state index contributed by atoms with van der Waals surface area (Å²) in [4.78, 5) is 12.8. The Morgan fingerprint density at radius 2 is 1.57 bits per heavy atom. The summed E-state index contributed by atoms with van der Waals surface area (Å²) in [5, 5.41) is 9.10. The second-order valence-corrected chi connectivity index (χ2v) is 7.97. The van der Waals surface area contributed by atoms with Crippen molar-refractivity contribution in [2.24, 2.45) is 11.8 Å². The lowest BCUT2D eigenvalue weighted by atomic mass is 9.96. The molecule has 0 radical (unpaired) electrons. The highest BCUT2D eigenvalue weighted by atomic mass is 19.4. The molecule has 0 bridgehead atoms. The van der Waals surface area contributed by atoms with Crippen LogP contribution in [0.1, 0.15) is 63.0 Å². The van der Waals surface area contributed by atoms with Gasteiger partial charge in [0.15, 0.2) is 0 Å². The van der Waals surface area contributed by atoms with E-state index in [1.807, 2.05) is 24.3 Å². The van der Waals surface area contributed by atoms with Gasteiger partial charge in [-0.15, -0.1) is 0 Å². The number of carboxylic acid groups (broad SMARTS) is 1. The lowest BCUT2D eigenvalue weighted by Crippen LogP contribution is -2.33. The Morgan fingerprint density at radius 3 is 2.11 bits per heavy atom. The molecule has 1 fully saturated rings. The van der Waals surface area contributed by atoms with Gasteiger partial charge in [0.25, 0.3) is 0 Å². The molecule has 2 rings (SSSR count). The van der Waals surface area contributed by atoms with E-state index in [9.17, 15) is 18.0 Å². The Kier molecular flexibility index (Phi) is 8.80. The molecular weight excluding hydrogens is 367 g/mol. The molecule has 1 N–H and O–H groups in total. The van der Waals surface area contributed by atoms with Crippen LogP contribution in [0.15, 0.2) is 24.3 Å². The number of benzene rings is 1. The summed E-state index contributed by atoms with van der Waals surface area (Å²) in [6.45, 7) is 2.26. The fourth-order valence-electron chi connectivity index (χ4n) is 3.95. The largest absolute Gasteiger partial charge is 0.481 e. The van der Waals surface area contributed by atoms with E-state index in [0.717, 1.165) is 18.4 Å². The van der Waals surface area contributed by atoms with E-state index in [2.05, 4.69) is 6.92 Å². The van der Waals surface area contributed by atoms with Crippen LogP contribution in [0.3, 0.4) is 0 Å². The molecular formula is C22H32F3NO2. The van der Waals surface area contributed by atoms with Gasteiger partial charge in [0.05, 0.1) is 11.8 Å². The van der Waals surface area contributed by atoms with Crippen LogP contribution in [0.25, 0.3) is 0 Å². The molecule has 0 spiro atoms. The molecule has 1 aromatic rings. The predicted octanol–water partition coefficient (Wildman–Crippen LogP) is 5.67. The molecule has 1 aliphatic heterocycles.